The summed E-state index contributed by atoms with van der Waals surface area (Å²) in [6.45, 7) is 16.6. The van der Waals surface area contributed by atoms with Gasteiger partial charge < -0.3 is 10.6 Å². The zero-order valence-electron chi connectivity index (χ0n) is 17.4. The number of nitrogens with one attached hydrogen (secondary N) is 2. The van der Waals surface area contributed by atoms with Crippen LogP contribution in [-0.4, -0.2) is 53.7 Å². The van der Waals surface area contributed by atoms with Gasteiger partial charge in [0.15, 0.2) is 0 Å². The van der Waals surface area contributed by atoms with Crippen LogP contribution in [0.5, 0.6) is 0 Å². The molecule has 0 atom stereocenters. The molecule has 0 aromatic carbocycles. The Bertz CT molecular complexity index is 572. The van der Waals surface area contributed by atoms with Crippen molar-refractivity contribution in [1.29, 1.82) is 0 Å². The first-order chi connectivity index (χ1) is 12.2. The maximum Gasteiger partial charge on any atom is 0.0424 e. The van der Waals surface area contributed by atoms with E-state index in [0.29, 0.717) is 0 Å². The molecular weight excluding hydrogens is 320 g/mol. The van der Waals surface area contributed by atoms with Crippen LogP contribution in [0.2, 0.25) is 0 Å². The molecule has 0 aliphatic carbocycles. The van der Waals surface area contributed by atoms with Crippen LogP contribution in [-0.2, 0) is 12.8 Å². The van der Waals surface area contributed by atoms with Gasteiger partial charge in [-0.3, -0.25) is 9.88 Å². The monoisotopic (exact) mass is 358 g/mol. The van der Waals surface area contributed by atoms with Crippen molar-refractivity contribution in [2.45, 2.75) is 65.0 Å². The first-order valence-electron chi connectivity index (χ1n) is 10.0. The minimum Gasteiger partial charge on any atom is -0.312 e. The smallest absolute Gasteiger partial charge is 0.0424 e. The molecule has 0 saturated heterocycles. The number of nitrogens with zero attached hydrogens (tertiary/aromatic N) is 2. The summed E-state index contributed by atoms with van der Waals surface area (Å²) in [5, 5.41) is 7.27. The molecular formula is C22H38N4. The van der Waals surface area contributed by atoms with Gasteiger partial charge in [0.05, 0.1) is 0 Å². The van der Waals surface area contributed by atoms with Gasteiger partial charge >= 0.3 is 0 Å². The number of hydrogen-bond acceptors (Lipinski definition) is 4. The summed E-state index contributed by atoms with van der Waals surface area (Å²) in [6, 6.07) is 4.40. The van der Waals surface area contributed by atoms with Gasteiger partial charge in [-0.15, -0.1) is 0 Å². The number of hydrogen-bond donors (Lipinski definition) is 2. The van der Waals surface area contributed by atoms with Crippen LogP contribution in [0.3, 0.4) is 0 Å². The van der Waals surface area contributed by atoms with E-state index < -0.39 is 0 Å². The third kappa shape index (κ3) is 8.43. The molecule has 2 N–H and O–H groups in total. The van der Waals surface area contributed by atoms with Crippen LogP contribution in [0.25, 0.3) is 0 Å². The molecule has 1 aliphatic heterocycles. The molecule has 0 amide bonds. The van der Waals surface area contributed by atoms with Crippen molar-refractivity contribution in [2.75, 3.05) is 32.7 Å². The Morgan fingerprint density at radius 2 is 1.88 bits per heavy atom. The van der Waals surface area contributed by atoms with Gasteiger partial charge in [0.2, 0.25) is 0 Å². The standard InChI is InChI=1S/C22H38N4/c1-21(2,3)24-12-10-19-9-11-23-20(17-19)18-22(4,5)25-13-16-26-14-7-6-8-15-26/h6-7,9,11,17,24-25H,8,10,12-16,18H2,1-5H3. The van der Waals surface area contributed by atoms with Crippen LogP contribution in [0.1, 0.15) is 52.3 Å². The van der Waals surface area contributed by atoms with Crippen LogP contribution in [0.15, 0.2) is 30.5 Å². The molecule has 1 aromatic heterocycles. The molecule has 4 heteroatoms. The Morgan fingerprint density at radius 1 is 1.08 bits per heavy atom. The summed E-state index contributed by atoms with van der Waals surface area (Å²) in [5.74, 6) is 0. The number of pyridine rings is 1. The fraction of sp³-hybridized carbons (Fsp3) is 0.682. The topological polar surface area (TPSA) is 40.2 Å². The lowest BCUT2D eigenvalue weighted by Crippen LogP contribution is -2.45. The second kappa shape index (κ2) is 9.63. The second-order valence-electron chi connectivity index (χ2n) is 9.13. The highest BCUT2D eigenvalue weighted by Gasteiger charge is 2.19. The third-order valence-corrected chi connectivity index (χ3v) is 4.75. The highest BCUT2D eigenvalue weighted by atomic mass is 15.1. The summed E-state index contributed by atoms with van der Waals surface area (Å²) in [5.41, 5.74) is 2.77. The van der Waals surface area contributed by atoms with Gasteiger partial charge in [-0.2, -0.15) is 0 Å². The van der Waals surface area contributed by atoms with Gasteiger partial charge in [-0.1, -0.05) is 12.2 Å². The average molecular weight is 359 g/mol. The number of aromatic nitrogens is 1. The SMILES string of the molecule is CC(C)(C)NCCc1ccnc(CC(C)(C)NCCN2CC=CCC2)c1. The third-order valence-electron chi connectivity index (χ3n) is 4.75. The van der Waals surface area contributed by atoms with Gasteiger partial charge in [0.25, 0.3) is 0 Å². The highest BCUT2D eigenvalue weighted by molar-refractivity contribution is 5.18. The summed E-state index contributed by atoms with van der Waals surface area (Å²) >= 11 is 0. The van der Waals surface area contributed by atoms with E-state index in [2.05, 4.69) is 79.4 Å². The van der Waals surface area contributed by atoms with Crippen molar-refractivity contribution in [3.05, 3.63) is 41.7 Å². The largest absolute Gasteiger partial charge is 0.312 e. The van der Waals surface area contributed by atoms with Crippen LogP contribution >= 0.6 is 0 Å². The van der Waals surface area contributed by atoms with E-state index in [0.717, 1.165) is 39.0 Å². The minimum atomic E-state index is 0.0565. The van der Waals surface area contributed by atoms with E-state index in [1.54, 1.807) is 0 Å². The van der Waals surface area contributed by atoms with Crippen molar-refractivity contribution in [1.82, 2.24) is 20.5 Å². The second-order valence-corrected chi connectivity index (χ2v) is 9.13. The Balaban J connectivity index is 1.78. The van der Waals surface area contributed by atoms with E-state index in [1.807, 2.05) is 6.20 Å². The fourth-order valence-electron chi connectivity index (χ4n) is 3.32. The molecule has 1 aromatic rings. The summed E-state index contributed by atoms with van der Waals surface area (Å²) in [4.78, 5) is 7.10. The Morgan fingerprint density at radius 3 is 2.58 bits per heavy atom. The molecule has 0 radical (unpaired) electrons. The first-order valence-corrected chi connectivity index (χ1v) is 10.0. The molecule has 0 saturated carbocycles. The molecule has 26 heavy (non-hydrogen) atoms. The molecule has 2 heterocycles. The molecule has 0 unspecified atom stereocenters. The van der Waals surface area contributed by atoms with Crippen molar-refractivity contribution in [3.8, 4) is 0 Å². The van der Waals surface area contributed by atoms with Crippen molar-refractivity contribution in [3.63, 3.8) is 0 Å². The molecule has 146 valence electrons. The lowest BCUT2D eigenvalue weighted by molar-refractivity contribution is 0.276. The Hall–Kier alpha value is -1.23. The minimum absolute atomic E-state index is 0.0565. The predicted octanol–water partition coefficient (Wildman–Crippen LogP) is 3.18. The van der Waals surface area contributed by atoms with Crippen molar-refractivity contribution in [2.24, 2.45) is 0 Å². The van der Waals surface area contributed by atoms with Gasteiger partial charge in [-0.05, 0) is 71.7 Å². The van der Waals surface area contributed by atoms with Gasteiger partial charge in [0.1, 0.15) is 0 Å². The quantitative estimate of drug-likeness (QED) is 0.665. The van der Waals surface area contributed by atoms with Gasteiger partial charge in [0, 0.05) is 55.6 Å². The lowest BCUT2D eigenvalue weighted by Gasteiger charge is -2.29. The highest BCUT2D eigenvalue weighted by Crippen LogP contribution is 2.13. The lowest BCUT2D eigenvalue weighted by atomic mass is 9.97. The van der Waals surface area contributed by atoms with Crippen molar-refractivity contribution >= 4 is 0 Å². The van der Waals surface area contributed by atoms with E-state index in [9.17, 15) is 0 Å². The molecule has 0 spiro atoms. The summed E-state index contributed by atoms with van der Waals surface area (Å²) < 4.78 is 0. The van der Waals surface area contributed by atoms with Crippen LogP contribution in [0, 0.1) is 0 Å². The maximum atomic E-state index is 4.60. The number of rotatable bonds is 9. The Labute approximate surface area is 160 Å². The van der Waals surface area contributed by atoms with E-state index in [4.69, 9.17) is 0 Å². The summed E-state index contributed by atoms with van der Waals surface area (Å²) in [7, 11) is 0. The zero-order valence-corrected chi connectivity index (χ0v) is 17.4. The molecule has 1 aliphatic rings. The van der Waals surface area contributed by atoms with Crippen LogP contribution in [0.4, 0.5) is 0 Å². The average Bonchev–Trinajstić information content (AvgIpc) is 2.54. The van der Waals surface area contributed by atoms with E-state index in [-0.39, 0.29) is 11.1 Å². The fourth-order valence-corrected chi connectivity index (χ4v) is 3.32. The predicted molar refractivity (Wildman–Crippen MR) is 112 cm³/mol. The van der Waals surface area contributed by atoms with Crippen molar-refractivity contribution < 1.29 is 0 Å². The zero-order chi connectivity index (χ0) is 19.0. The van der Waals surface area contributed by atoms with E-state index >= 15 is 0 Å². The molecule has 2 rings (SSSR count). The first kappa shape index (κ1) is 21.1. The molecule has 4 nitrogen and oxygen atoms in total. The normalized spacial score (nSPS) is 16.2. The van der Waals surface area contributed by atoms with E-state index in [1.165, 1.54) is 24.2 Å². The molecule has 0 fully saturated rings. The summed E-state index contributed by atoms with van der Waals surface area (Å²) in [6.07, 6.45) is 9.70. The maximum absolute atomic E-state index is 4.60. The van der Waals surface area contributed by atoms with Crippen LogP contribution < -0.4 is 10.6 Å². The van der Waals surface area contributed by atoms with Gasteiger partial charge in [-0.25, -0.2) is 0 Å². The molecule has 0 bridgehead atoms. The Kier molecular flexibility index (Phi) is 7.81.